The van der Waals surface area contributed by atoms with E-state index in [1.807, 2.05) is 12.1 Å². The van der Waals surface area contributed by atoms with Crippen LogP contribution in [0.5, 0.6) is 0 Å². The normalized spacial score (nSPS) is 12.2. The Morgan fingerprint density at radius 1 is 0.600 bits per heavy atom. The second-order valence-corrected chi connectivity index (χ2v) is 7.52. The van der Waals surface area contributed by atoms with E-state index < -0.39 is 5.60 Å². The predicted molar refractivity (Wildman–Crippen MR) is 105 cm³/mol. The van der Waals surface area contributed by atoms with Gasteiger partial charge in [-0.2, -0.15) is 0 Å². The Morgan fingerprint density at radius 2 is 1.00 bits per heavy atom. The fourth-order valence-corrected chi connectivity index (χ4v) is 3.79. The summed E-state index contributed by atoms with van der Waals surface area (Å²) >= 11 is 0. The van der Waals surface area contributed by atoms with Gasteiger partial charge in [-0.1, -0.05) is 106 Å². The van der Waals surface area contributed by atoms with Crippen LogP contribution in [0.25, 0.3) is 0 Å². The van der Waals surface area contributed by atoms with Gasteiger partial charge in [-0.05, 0) is 27.7 Å². The molecular weight excluding hydrogens is 320 g/mol. The summed E-state index contributed by atoms with van der Waals surface area (Å²) in [6.45, 7) is 6.71. The second-order valence-electron chi connectivity index (χ2n) is 7.31. The lowest BCUT2D eigenvalue weighted by Crippen LogP contribution is -2.35. The fraction of sp³-hybridized carbons (Fsp3) is 0.217. The Labute approximate surface area is 154 Å². The van der Waals surface area contributed by atoms with Gasteiger partial charge in [0.05, 0.1) is 0 Å². The molecule has 0 aliphatic heterocycles. The van der Waals surface area contributed by atoms with Crippen molar-refractivity contribution in [2.24, 2.45) is 0 Å². The van der Waals surface area contributed by atoms with E-state index in [1.165, 1.54) is 5.56 Å². The van der Waals surface area contributed by atoms with Crippen LogP contribution in [0, 0.1) is 0 Å². The van der Waals surface area contributed by atoms with Gasteiger partial charge in [-0.15, -0.1) is 0 Å². The molecule has 1 nitrogen and oxygen atoms in total. The van der Waals surface area contributed by atoms with Gasteiger partial charge in [0, 0.05) is 0 Å². The SMILES string of the molecule is CC(C)(C)c1ccccc1C(O[Si])(c1ccccc1)c1ccccc1. The molecule has 0 heterocycles. The minimum absolute atomic E-state index is 0.00381. The van der Waals surface area contributed by atoms with Crippen LogP contribution in [-0.2, 0) is 15.4 Å². The van der Waals surface area contributed by atoms with E-state index in [-0.39, 0.29) is 5.41 Å². The zero-order valence-corrected chi connectivity index (χ0v) is 16.0. The summed E-state index contributed by atoms with van der Waals surface area (Å²) in [7, 11) is 3.44. The fourth-order valence-electron chi connectivity index (χ4n) is 3.44. The summed E-state index contributed by atoms with van der Waals surface area (Å²) in [6.07, 6.45) is 0. The molecule has 125 valence electrons. The highest BCUT2D eigenvalue weighted by atomic mass is 28.2. The summed E-state index contributed by atoms with van der Waals surface area (Å²) in [6, 6.07) is 29.3. The van der Waals surface area contributed by atoms with E-state index in [9.17, 15) is 0 Å². The smallest absolute Gasteiger partial charge is 0.248 e. The Balaban J connectivity index is 2.38. The number of rotatable bonds is 4. The molecule has 0 N–H and O–H groups in total. The first-order valence-corrected chi connectivity index (χ1v) is 8.97. The standard InChI is InChI=1S/C23H23OSi/c1-22(2,3)20-16-10-11-17-21(20)23(24-25,18-12-6-4-7-13-18)19-14-8-5-9-15-19/h4-17H,1-3H3. The van der Waals surface area contributed by atoms with Gasteiger partial charge >= 0.3 is 0 Å². The van der Waals surface area contributed by atoms with Gasteiger partial charge in [0.1, 0.15) is 5.60 Å². The predicted octanol–water partition coefficient (Wildman–Crippen LogP) is 5.38. The molecule has 2 heteroatoms. The molecule has 0 bridgehead atoms. The van der Waals surface area contributed by atoms with Gasteiger partial charge in [0.25, 0.3) is 0 Å². The second kappa shape index (κ2) is 6.99. The van der Waals surface area contributed by atoms with Crippen molar-refractivity contribution >= 4 is 10.5 Å². The molecule has 0 aliphatic rings. The van der Waals surface area contributed by atoms with E-state index in [0.29, 0.717) is 0 Å². The van der Waals surface area contributed by atoms with Crippen LogP contribution in [0.15, 0.2) is 84.9 Å². The van der Waals surface area contributed by atoms with Crippen molar-refractivity contribution in [3.8, 4) is 0 Å². The highest BCUT2D eigenvalue weighted by molar-refractivity contribution is 5.99. The lowest BCUT2D eigenvalue weighted by molar-refractivity contribution is 0.170. The summed E-state index contributed by atoms with van der Waals surface area (Å²) in [4.78, 5) is 0. The van der Waals surface area contributed by atoms with E-state index in [1.54, 1.807) is 0 Å². The van der Waals surface area contributed by atoms with Gasteiger partial charge in [0.2, 0.25) is 10.5 Å². The average molecular weight is 344 g/mol. The van der Waals surface area contributed by atoms with Crippen molar-refractivity contribution in [3.05, 3.63) is 107 Å². The molecule has 3 rings (SSSR count). The minimum Gasteiger partial charge on any atom is -0.401 e. The van der Waals surface area contributed by atoms with Crippen molar-refractivity contribution in [3.63, 3.8) is 0 Å². The van der Waals surface area contributed by atoms with Gasteiger partial charge in [0.15, 0.2) is 0 Å². The zero-order valence-electron chi connectivity index (χ0n) is 15.0. The highest BCUT2D eigenvalue weighted by Crippen LogP contribution is 2.43. The third-order valence-electron chi connectivity index (χ3n) is 4.63. The lowest BCUT2D eigenvalue weighted by Gasteiger charge is -2.38. The maximum atomic E-state index is 6.14. The molecule has 0 spiro atoms. The molecule has 0 aliphatic carbocycles. The van der Waals surface area contributed by atoms with Crippen molar-refractivity contribution in [1.82, 2.24) is 0 Å². The minimum atomic E-state index is -0.719. The summed E-state index contributed by atoms with van der Waals surface area (Å²) in [5, 5.41) is 0. The van der Waals surface area contributed by atoms with E-state index in [2.05, 4.69) is 104 Å². The Morgan fingerprint density at radius 3 is 1.40 bits per heavy atom. The van der Waals surface area contributed by atoms with Gasteiger partial charge < -0.3 is 4.43 Å². The molecule has 3 aromatic carbocycles. The zero-order chi connectivity index (χ0) is 17.9. The van der Waals surface area contributed by atoms with Crippen LogP contribution in [0.4, 0.5) is 0 Å². The molecule has 3 aromatic rings. The Kier molecular flexibility index (Phi) is 4.93. The molecule has 25 heavy (non-hydrogen) atoms. The van der Waals surface area contributed by atoms with Gasteiger partial charge in [-0.25, -0.2) is 0 Å². The first-order chi connectivity index (χ1) is 12.0. The number of hydrogen-bond donors (Lipinski definition) is 0. The lowest BCUT2D eigenvalue weighted by atomic mass is 9.73. The molecule has 0 fully saturated rings. The molecule has 0 saturated heterocycles. The maximum Gasteiger partial charge on any atom is 0.248 e. The number of benzene rings is 3. The molecule has 0 atom stereocenters. The summed E-state index contributed by atoms with van der Waals surface area (Å²) in [5.41, 5.74) is 3.87. The van der Waals surface area contributed by atoms with Gasteiger partial charge in [-0.3, -0.25) is 0 Å². The maximum absolute atomic E-state index is 6.14. The van der Waals surface area contributed by atoms with Crippen molar-refractivity contribution in [1.29, 1.82) is 0 Å². The molecule has 0 unspecified atom stereocenters. The highest BCUT2D eigenvalue weighted by Gasteiger charge is 2.39. The summed E-state index contributed by atoms with van der Waals surface area (Å²) < 4.78 is 6.14. The number of hydrogen-bond acceptors (Lipinski definition) is 1. The topological polar surface area (TPSA) is 9.23 Å². The Hall–Kier alpha value is -2.16. The molecular formula is C23H23OSi. The molecule has 0 aromatic heterocycles. The van der Waals surface area contributed by atoms with E-state index >= 15 is 0 Å². The van der Waals surface area contributed by atoms with Crippen molar-refractivity contribution in [2.45, 2.75) is 31.8 Å². The van der Waals surface area contributed by atoms with Crippen LogP contribution in [0.2, 0.25) is 0 Å². The molecule has 0 saturated carbocycles. The van der Waals surface area contributed by atoms with Crippen LogP contribution < -0.4 is 0 Å². The first-order valence-electron chi connectivity index (χ1n) is 8.56. The quantitative estimate of drug-likeness (QED) is 0.457. The third kappa shape index (κ3) is 3.20. The van der Waals surface area contributed by atoms with Crippen LogP contribution in [-0.4, -0.2) is 10.5 Å². The molecule has 3 radical (unpaired) electrons. The molecule has 0 amide bonds. The largest absolute Gasteiger partial charge is 0.401 e. The average Bonchev–Trinajstić information content (AvgIpc) is 2.64. The van der Waals surface area contributed by atoms with E-state index in [4.69, 9.17) is 4.43 Å². The third-order valence-corrected chi connectivity index (χ3v) is 4.93. The van der Waals surface area contributed by atoms with Crippen molar-refractivity contribution < 1.29 is 4.43 Å². The van der Waals surface area contributed by atoms with Crippen LogP contribution >= 0.6 is 0 Å². The summed E-state index contributed by atoms with van der Waals surface area (Å²) in [5.74, 6) is 0. The van der Waals surface area contributed by atoms with Crippen LogP contribution in [0.3, 0.4) is 0 Å². The van der Waals surface area contributed by atoms with Crippen molar-refractivity contribution in [2.75, 3.05) is 0 Å². The Bertz CT molecular complexity index is 780. The van der Waals surface area contributed by atoms with Crippen LogP contribution in [0.1, 0.15) is 43.0 Å². The first kappa shape index (κ1) is 17.7. The van der Waals surface area contributed by atoms with E-state index in [0.717, 1.165) is 16.7 Å². The monoisotopic (exact) mass is 343 g/mol.